The van der Waals surface area contributed by atoms with Crippen LogP contribution in [-0.4, -0.2) is 28.1 Å². The number of halogens is 2. The van der Waals surface area contributed by atoms with Crippen molar-refractivity contribution in [2.24, 2.45) is 0 Å². The van der Waals surface area contributed by atoms with E-state index in [2.05, 4.69) is 20.8 Å². The third-order valence-electron chi connectivity index (χ3n) is 3.52. The highest BCUT2D eigenvalue weighted by molar-refractivity contribution is 7.15. The average Bonchev–Trinajstić information content (AvgIpc) is 3.01. The second-order valence-electron chi connectivity index (χ2n) is 5.71. The van der Waals surface area contributed by atoms with E-state index in [1.165, 1.54) is 11.3 Å². The van der Waals surface area contributed by atoms with Crippen molar-refractivity contribution in [2.45, 2.75) is 45.6 Å². The van der Waals surface area contributed by atoms with Crippen LogP contribution in [0.2, 0.25) is 0 Å². The number of aromatic nitrogens is 2. The quantitative estimate of drug-likeness (QED) is 0.735. The van der Waals surface area contributed by atoms with Gasteiger partial charge in [0.15, 0.2) is 0 Å². The van der Waals surface area contributed by atoms with Crippen LogP contribution in [0.3, 0.4) is 0 Å². The fraction of sp³-hybridized carbons (Fsp3) is 0.412. The Balaban J connectivity index is 1.99. The maximum atomic E-state index is 13.2. The molecule has 26 heavy (non-hydrogen) atoms. The Morgan fingerprint density at radius 2 is 1.85 bits per heavy atom. The molecular weight excluding hydrogens is 362 g/mol. The van der Waals surface area contributed by atoms with Gasteiger partial charge in [0, 0.05) is 6.07 Å². The summed E-state index contributed by atoms with van der Waals surface area (Å²) in [6.45, 7) is 3.82. The van der Waals surface area contributed by atoms with Gasteiger partial charge in [0.2, 0.25) is 16.9 Å². The van der Waals surface area contributed by atoms with E-state index >= 15 is 0 Å². The molecule has 1 aromatic heterocycles. The highest BCUT2D eigenvalue weighted by Crippen LogP contribution is 2.16. The van der Waals surface area contributed by atoms with Gasteiger partial charge in [-0.05, 0) is 30.5 Å². The number of rotatable bonds is 8. The van der Waals surface area contributed by atoms with Gasteiger partial charge in [-0.3, -0.25) is 14.9 Å². The van der Waals surface area contributed by atoms with Crippen LogP contribution in [-0.2, 0) is 22.4 Å². The van der Waals surface area contributed by atoms with Crippen molar-refractivity contribution in [3.63, 3.8) is 0 Å². The summed E-state index contributed by atoms with van der Waals surface area (Å²) in [6, 6.07) is 2.15. The van der Waals surface area contributed by atoms with Crippen molar-refractivity contribution in [3.05, 3.63) is 40.4 Å². The maximum absolute atomic E-state index is 13.2. The molecule has 2 N–H and O–H groups in total. The maximum Gasteiger partial charge on any atom is 0.248 e. The van der Waals surface area contributed by atoms with Gasteiger partial charge in [0.25, 0.3) is 0 Å². The van der Waals surface area contributed by atoms with Gasteiger partial charge in [0.05, 0.1) is 6.42 Å². The van der Waals surface area contributed by atoms with Gasteiger partial charge in [-0.2, -0.15) is 0 Å². The lowest BCUT2D eigenvalue weighted by Crippen LogP contribution is -2.44. The van der Waals surface area contributed by atoms with Crippen LogP contribution in [0.4, 0.5) is 13.9 Å². The first-order valence-corrected chi connectivity index (χ1v) is 9.10. The first-order valence-electron chi connectivity index (χ1n) is 8.28. The fourth-order valence-electron chi connectivity index (χ4n) is 2.34. The molecule has 2 amide bonds. The zero-order chi connectivity index (χ0) is 19.1. The number of aryl methyl sites for hydroxylation is 1. The molecule has 2 aromatic rings. The summed E-state index contributed by atoms with van der Waals surface area (Å²) >= 11 is 1.27. The van der Waals surface area contributed by atoms with Gasteiger partial charge in [0.1, 0.15) is 22.7 Å². The van der Waals surface area contributed by atoms with Crippen molar-refractivity contribution in [1.82, 2.24) is 15.5 Å². The molecular formula is C17H20F2N4O2S. The van der Waals surface area contributed by atoms with Crippen molar-refractivity contribution >= 4 is 28.3 Å². The summed E-state index contributed by atoms with van der Waals surface area (Å²) in [5.74, 6) is -2.39. The first-order chi connectivity index (χ1) is 12.4. The molecule has 1 atom stereocenters. The molecule has 0 spiro atoms. The van der Waals surface area contributed by atoms with E-state index in [-0.39, 0.29) is 12.0 Å². The molecule has 0 saturated heterocycles. The van der Waals surface area contributed by atoms with E-state index in [9.17, 15) is 18.4 Å². The van der Waals surface area contributed by atoms with E-state index in [1.807, 2.05) is 13.8 Å². The van der Waals surface area contributed by atoms with E-state index in [4.69, 9.17) is 0 Å². The molecule has 0 aliphatic carbocycles. The Hall–Kier alpha value is -2.42. The smallest absolute Gasteiger partial charge is 0.248 e. The van der Waals surface area contributed by atoms with Gasteiger partial charge >= 0.3 is 0 Å². The Bertz CT molecular complexity index is 762. The molecule has 1 aromatic carbocycles. The van der Waals surface area contributed by atoms with E-state index in [1.54, 1.807) is 0 Å². The molecule has 140 valence electrons. The lowest BCUT2D eigenvalue weighted by atomic mass is 10.1. The monoisotopic (exact) mass is 382 g/mol. The predicted octanol–water partition coefficient (Wildman–Crippen LogP) is 2.84. The topological polar surface area (TPSA) is 84.0 Å². The third-order valence-corrected chi connectivity index (χ3v) is 4.50. The summed E-state index contributed by atoms with van der Waals surface area (Å²) in [5.41, 5.74) is 0.201. The van der Waals surface area contributed by atoms with Gasteiger partial charge in [-0.1, -0.05) is 31.6 Å². The summed E-state index contributed by atoms with van der Waals surface area (Å²) in [4.78, 5) is 24.6. The van der Waals surface area contributed by atoms with Crippen LogP contribution >= 0.6 is 11.3 Å². The Morgan fingerprint density at radius 1 is 1.15 bits per heavy atom. The molecule has 1 unspecified atom stereocenters. The summed E-state index contributed by atoms with van der Waals surface area (Å²) in [5, 5.41) is 14.2. The number of carbonyl (C=O) groups is 2. The number of amides is 2. The zero-order valence-corrected chi connectivity index (χ0v) is 15.3. The number of carbonyl (C=O) groups excluding carboxylic acids is 2. The molecule has 0 fully saturated rings. The molecule has 0 saturated carbocycles. The Labute approximate surface area is 154 Å². The molecule has 1 heterocycles. The molecule has 0 aliphatic rings. The van der Waals surface area contributed by atoms with Gasteiger partial charge in [-0.25, -0.2) is 8.78 Å². The minimum Gasteiger partial charge on any atom is -0.344 e. The number of nitrogens with one attached hydrogen (secondary N) is 2. The highest BCUT2D eigenvalue weighted by Gasteiger charge is 2.21. The van der Waals surface area contributed by atoms with Crippen molar-refractivity contribution < 1.29 is 18.4 Å². The standard InChI is InChI=1S/C17H20F2N4O2S/c1-3-5-13(16(25)21-17-23-22-15(4-2)26-17)20-14(24)8-10-6-11(18)9-12(19)7-10/h6-7,9,13H,3-5,8H2,1-2H3,(H,20,24)(H,21,23,25). The van der Waals surface area contributed by atoms with Gasteiger partial charge < -0.3 is 5.32 Å². The fourth-order valence-corrected chi connectivity index (χ4v) is 3.02. The Kier molecular flexibility index (Phi) is 7.14. The lowest BCUT2D eigenvalue weighted by Gasteiger charge is -2.17. The van der Waals surface area contributed by atoms with E-state index < -0.39 is 29.5 Å². The Morgan fingerprint density at radius 3 is 2.42 bits per heavy atom. The van der Waals surface area contributed by atoms with Crippen LogP contribution in [0.15, 0.2) is 18.2 Å². The highest BCUT2D eigenvalue weighted by atomic mass is 32.1. The first kappa shape index (κ1) is 19.9. The van der Waals surface area contributed by atoms with E-state index in [0.29, 0.717) is 24.4 Å². The van der Waals surface area contributed by atoms with Crippen LogP contribution in [0, 0.1) is 11.6 Å². The largest absolute Gasteiger partial charge is 0.344 e. The molecule has 9 heteroatoms. The van der Waals surface area contributed by atoms with Gasteiger partial charge in [-0.15, -0.1) is 10.2 Å². The number of nitrogens with zero attached hydrogens (tertiary/aromatic N) is 2. The average molecular weight is 382 g/mol. The molecule has 2 rings (SSSR count). The SMILES string of the molecule is CCCC(NC(=O)Cc1cc(F)cc(F)c1)C(=O)Nc1nnc(CC)s1. The summed E-state index contributed by atoms with van der Waals surface area (Å²) in [6.07, 6.45) is 1.59. The number of anilines is 1. The van der Waals surface area contributed by atoms with E-state index in [0.717, 1.165) is 23.2 Å². The number of hydrogen-bond donors (Lipinski definition) is 2. The van der Waals surface area contributed by atoms with Crippen LogP contribution in [0.5, 0.6) is 0 Å². The third kappa shape index (κ3) is 5.83. The lowest BCUT2D eigenvalue weighted by molar-refractivity contribution is -0.126. The minimum atomic E-state index is -0.764. The van der Waals surface area contributed by atoms with Crippen LogP contribution in [0.25, 0.3) is 0 Å². The molecule has 0 bridgehead atoms. The second-order valence-corrected chi connectivity index (χ2v) is 6.77. The summed E-state index contributed by atoms with van der Waals surface area (Å²) < 4.78 is 26.4. The number of benzene rings is 1. The molecule has 0 radical (unpaired) electrons. The van der Waals surface area contributed by atoms with Crippen molar-refractivity contribution in [3.8, 4) is 0 Å². The predicted molar refractivity (Wildman–Crippen MR) is 94.8 cm³/mol. The molecule has 6 nitrogen and oxygen atoms in total. The van der Waals surface area contributed by atoms with Crippen molar-refractivity contribution in [2.75, 3.05) is 5.32 Å². The summed E-state index contributed by atoms with van der Waals surface area (Å²) in [7, 11) is 0. The number of hydrogen-bond acceptors (Lipinski definition) is 5. The molecule has 0 aliphatic heterocycles. The second kappa shape index (κ2) is 9.33. The van der Waals surface area contributed by atoms with Crippen molar-refractivity contribution in [1.29, 1.82) is 0 Å². The normalized spacial score (nSPS) is 11.8. The minimum absolute atomic E-state index is 0.201. The van der Waals surface area contributed by atoms with Crippen LogP contribution < -0.4 is 10.6 Å². The van der Waals surface area contributed by atoms with Crippen LogP contribution in [0.1, 0.15) is 37.3 Å². The zero-order valence-electron chi connectivity index (χ0n) is 14.5.